The molecule has 1 aliphatic rings. The maximum absolute atomic E-state index is 14.1. The van der Waals surface area contributed by atoms with E-state index >= 15 is 0 Å². The lowest BCUT2D eigenvalue weighted by Crippen LogP contribution is -2.36. The first-order chi connectivity index (χ1) is 16.7. The van der Waals surface area contributed by atoms with E-state index in [0.29, 0.717) is 16.5 Å². The highest BCUT2D eigenvalue weighted by molar-refractivity contribution is 6.31. The number of hydrogen-bond acceptors (Lipinski definition) is 4. The molecule has 35 heavy (non-hydrogen) atoms. The summed E-state index contributed by atoms with van der Waals surface area (Å²) < 4.78 is 19.8. The van der Waals surface area contributed by atoms with E-state index in [4.69, 9.17) is 27.9 Å². The Kier molecular flexibility index (Phi) is 7.48. The van der Waals surface area contributed by atoms with Crippen LogP contribution in [0.15, 0.2) is 54.6 Å². The number of benzene rings is 3. The van der Waals surface area contributed by atoms with Gasteiger partial charge < -0.3 is 9.64 Å². The number of anilines is 2. The van der Waals surface area contributed by atoms with Gasteiger partial charge in [0.1, 0.15) is 18.2 Å². The molecule has 0 aliphatic carbocycles. The van der Waals surface area contributed by atoms with Gasteiger partial charge in [-0.25, -0.2) is 4.39 Å². The zero-order chi connectivity index (χ0) is 25.1. The molecule has 1 atom stereocenters. The fraction of sp³-hybridized carbons (Fsp3) is 0.231. The molecule has 2 amide bonds. The second-order valence-corrected chi connectivity index (χ2v) is 9.26. The highest BCUT2D eigenvalue weighted by atomic mass is 35.5. The predicted molar refractivity (Wildman–Crippen MR) is 135 cm³/mol. The zero-order valence-electron chi connectivity index (χ0n) is 19.2. The van der Waals surface area contributed by atoms with E-state index in [1.807, 2.05) is 32.0 Å². The van der Waals surface area contributed by atoms with Crippen molar-refractivity contribution in [3.63, 3.8) is 0 Å². The fourth-order valence-corrected chi connectivity index (χ4v) is 4.19. The molecule has 6 nitrogen and oxygen atoms in total. The van der Waals surface area contributed by atoms with Gasteiger partial charge in [0.25, 0.3) is 0 Å². The second-order valence-electron chi connectivity index (χ2n) is 8.42. The molecule has 1 saturated heterocycles. The highest BCUT2D eigenvalue weighted by Gasteiger charge is 2.35. The Hall–Kier alpha value is -3.29. The average molecular weight is 516 g/mol. The van der Waals surface area contributed by atoms with Gasteiger partial charge in [0, 0.05) is 29.2 Å². The lowest BCUT2D eigenvalue weighted by molar-refractivity contribution is -0.125. The number of halogens is 3. The average Bonchev–Trinajstić information content (AvgIpc) is 3.21. The maximum Gasteiger partial charge on any atom is 0.243 e. The molecular weight excluding hydrogens is 492 g/mol. The van der Waals surface area contributed by atoms with E-state index in [1.54, 1.807) is 29.2 Å². The summed E-state index contributed by atoms with van der Waals surface area (Å²) in [6, 6.07) is 15.0. The van der Waals surface area contributed by atoms with Gasteiger partial charge in [-0.15, -0.1) is 0 Å². The number of aryl methyl sites for hydroxylation is 2. The Balaban J connectivity index is 1.41. The number of rotatable bonds is 7. The molecular formula is C26H24Cl2FN3O3. The van der Waals surface area contributed by atoms with Crippen LogP contribution in [0, 0.1) is 25.6 Å². The molecule has 1 aliphatic heterocycles. The molecule has 1 fully saturated rings. The summed E-state index contributed by atoms with van der Waals surface area (Å²) in [5.41, 5.74) is 9.04. The summed E-state index contributed by atoms with van der Waals surface area (Å²) >= 11 is 12.2. The van der Waals surface area contributed by atoms with Crippen LogP contribution in [0.25, 0.3) is 0 Å². The molecule has 4 rings (SSSR count). The van der Waals surface area contributed by atoms with Gasteiger partial charge in [-0.05, 0) is 67.4 Å². The topological polar surface area (TPSA) is 70.7 Å². The molecule has 0 saturated carbocycles. The van der Waals surface area contributed by atoms with Crippen molar-refractivity contribution in [3.8, 4) is 5.75 Å². The van der Waals surface area contributed by atoms with Crippen molar-refractivity contribution in [2.75, 3.05) is 16.9 Å². The molecule has 3 aromatic carbocycles. The van der Waals surface area contributed by atoms with Gasteiger partial charge in [0.05, 0.1) is 16.6 Å². The van der Waals surface area contributed by atoms with Crippen molar-refractivity contribution >= 4 is 46.4 Å². The minimum Gasteiger partial charge on any atom is -0.487 e. The van der Waals surface area contributed by atoms with Gasteiger partial charge in [0.15, 0.2) is 0 Å². The van der Waals surface area contributed by atoms with Crippen molar-refractivity contribution in [2.45, 2.75) is 26.9 Å². The first kappa shape index (κ1) is 24.8. The SMILES string of the molecule is Cc1ccc(N2C[C@H](C(=O)NNc3cc(Cl)ccc3OCc3c(F)cccc3Cl)CC2=O)cc1C. The van der Waals surface area contributed by atoms with Crippen LogP contribution in [0.3, 0.4) is 0 Å². The summed E-state index contributed by atoms with van der Waals surface area (Å²) in [5.74, 6) is -1.12. The Morgan fingerprint density at radius 2 is 1.91 bits per heavy atom. The predicted octanol–water partition coefficient (Wildman–Crippen LogP) is 5.82. The lowest BCUT2D eigenvalue weighted by atomic mass is 10.1. The molecule has 0 unspecified atom stereocenters. The third kappa shape index (κ3) is 5.69. The van der Waals surface area contributed by atoms with Crippen LogP contribution < -0.4 is 20.5 Å². The van der Waals surface area contributed by atoms with Gasteiger partial charge >= 0.3 is 0 Å². The van der Waals surface area contributed by atoms with Gasteiger partial charge in [-0.2, -0.15) is 0 Å². The molecule has 0 aromatic heterocycles. The number of hydrazine groups is 1. The third-order valence-electron chi connectivity index (χ3n) is 5.99. The van der Waals surface area contributed by atoms with E-state index < -0.39 is 11.7 Å². The van der Waals surface area contributed by atoms with E-state index in [2.05, 4.69) is 10.9 Å². The molecule has 182 valence electrons. The number of nitrogens with zero attached hydrogens (tertiary/aromatic N) is 1. The summed E-state index contributed by atoms with van der Waals surface area (Å²) in [7, 11) is 0. The fourth-order valence-electron chi connectivity index (χ4n) is 3.80. The van der Waals surface area contributed by atoms with E-state index in [0.717, 1.165) is 16.8 Å². The standard InChI is InChI=1S/C26H24Cl2FN3O3/c1-15-6-8-19(10-16(15)2)32-13-17(11-25(32)33)26(34)31-30-23-12-18(27)7-9-24(23)35-14-20-21(28)4-3-5-22(20)29/h3-10,12,17,30H,11,13-14H2,1-2H3,(H,31,34)/t17-/m1/s1. The summed E-state index contributed by atoms with van der Waals surface area (Å²) in [6.07, 6.45) is 0.102. The van der Waals surface area contributed by atoms with Crippen LogP contribution >= 0.6 is 23.2 Å². The highest BCUT2D eigenvalue weighted by Crippen LogP contribution is 2.30. The van der Waals surface area contributed by atoms with Crippen LogP contribution in [-0.2, 0) is 16.2 Å². The van der Waals surface area contributed by atoms with Gasteiger partial charge in [-0.1, -0.05) is 35.3 Å². The minimum atomic E-state index is -0.530. The monoisotopic (exact) mass is 515 g/mol. The number of amides is 2. The van der Waals surface area contributed by atoms with Crippen molar-refractivity contribution in [2.24, 2.45) is 5.92 Å². The number of hydrogen-bond donors (Lipinski definition) is 2. The number of carbonyl (C=O) groups excluding carboxylic acids is 2. The Labute approximate surface area is 212 Å². The minimum absolute atomic E-state index is 0.102. The maximum atomic E-state index is 14.1. The molecule has 9 heteroatoms. The van der Waals surface area contributed by atoms with Crippen molar-refractivity contribution < 1.29 is 18.7 Å². The molecule has 0 spiro atoms. The molecule has 3 aromatic rings. The molecule has 0 radical (unpaired) electrons. The molecule has 0 bridgehead atoms. The van der Waals surface area contributed by atoms with Crippen molar-refractivity contribution in [3.05, 3.63) is 87.2 Å². The zero-order valence-corrected chi connectivity index (χ0v) is 20.7. The van der Waals surface area contributed by atoms with E-state index in [9.17, 15) is 14.0 Å². The largest absolute Gasteiger partial charge is 0.487 e. The lowest BCUT2D eigenvalue weighted by Gasteiger charge is -2.19. The van der Waals surface area contributed by atoms with Gasteiger partial charge in [-0.3, -0.25) is 20.4 Å². The van der Waals surface area contributed by atoms with Crippen LogP contribution in [0.1, 0.15) is 23.1 Å². The second kappa shape index (κ2) is 10.5. The summed E-state index contributed by atoms with van der Waals surface area (Å²) in [6.45, 7) is 4.15. The molecule has 2 N–H and O–H groups in total. The first-order valence-electron chi connectivity index (χ1n) is 11.0. The van der Waals surface area contributed by atoms with E-state index in [-0.39, 0.29) is 42.0 Å². The van der Waals surface area contributed by atoms with Crippen molar-refractivity contribution in [1.82, 2.24) is 5.43 Å². The van der Waals surface area contributed by atoms with Crippen LogP contribution in [0.4, 0.5) is 15.8 Å². The Morgan fingerprint density at radius 1 is 1.11 bits per heavy atom. The Bertz CT molecular complexity index is 1260. The Morgan fingerprint density at radius 3 is 2.66 bits per heavy atom. The number of nitrogens with one attached hydrogen (secondary N) is 2. The summed E-state index contributed by atoms with van der Waals surface area (Å²) in [5, 5.41) is 0.663. The first-order valence-corrected chi connectivity index (χ1v) is 11.8. The van der Waals surface area contributed by atoms with Crippen LogP contribution in [0.2, 0.25) is 10.0 Å². The molecule has 1 heterocycles. The van der Waals surface area contributed by atoms with Crippen LogP contribution in [0.5, 0.6) is 5.75 Å². The van der Waals surface area contributed by atoms with Gasteiger partial charge in [0.2, 0.25) is 11.8 Å². The van der Waals surface area contributed by atoms with Crippen molar-refractivity contribution in [1.29, 1.82) is 0 Å². The number of ether oxygens (including phenoxy) is 1. The summed E-state index contributed by atoms with van der Waals surface area (Å²) in [4.78, 5) is 27.0. The number of carbonyl (C=O) groups is 2. The smallest absolute Gasteiger partial charge is 0.243 e. The van der Waals surface area contributed by atoms with E-state index in [1.165, 1.54) is 12.1 Å². The normalized spacial score (nSPS) is 15.3. The third-order valence-corrected chi connectivity index (χ3v) is 6.58. The quantitative estimate of drug-likeness (QED) is 0.388. The van der Waals surface area contributed by atoms with Crippen LogP contribution in [-0.4, -0.2) is 18.4 Å².